The molecule has 0 aromatic rings. The highest BCUT2D eigenvalue weighted by atomic mass is 16.5. The van der Waals surface area contributed by atoms with Gasteiger partial charge in [-0.25, -0.2) is 0 Å². The van der Waals surface area contributed by atoms with Crippen LogP contribution in [0.5, 0.6) is 0 Å². The van der Waals surface area contributed by atoms with Crippen LogP contribution in [-0.2, 0) is 19.1 Å². The van der Waals surface area contributed by atoms with E-state index >= 15 is 0 Å². The maximum Gasteiger partial charge on any atom is 0.303 e. The number of ether oxygens (including phenoxy) is 2. The third-order valence-electron chi connectivity index (χ3n) is 1.94. The van der Waals surface area contributed by atoms with E-state index in [0.717, 1.165) is 6.42 Å². The Kier molecular flexibility index (Phi) is 10.6. The second kappa shape index (κ2) is 11.3. The van der Waals surface area contributed by atoms with Crippen LogP contribution >= 0.6 is 0 Å². The van der Waals surface area contributed by atoms with Crippen LogP contribution in [0, 0.1) is 0 Å². The fraction of sp³-hybridized carbons (Fsp3) is 0.818. The van der Waals surface area contributed by atoms with Crippen molar-refractivity contribution in [3.63, 3.8) is 0 Å². The van der Waals surface area contributed by atoms with Gasteiger partial charge in [0.05, 0.1) is 0 Å². The summed E-state index contributed by atoms with van der Waals surface area (Å²) in [6.45, 7) is 1.98. The lowest BCUT2D eigenvalue weighted by Crippen LogP contribution is -2.05. The van der Waals surface area contributed by atoms with Crippen molar-refractivity contribution in [1.29, 1.82) is 0 Å². The Morgan fingerprint density at radius 3 is 1.41 bits per heavy atom. The highest BCUT2D eigenvalue weighted by molar-refractivity contribution is 5.66. The molecule has 0 atom stereocenters. The quantitative estimate of drug-likeness (QED) is 0.503. The van der Waals surface area contributed by atoms with Gasteiger partial charge in [0.15, 0.2) is 0 Å². The minimum Gasteiger partial charge on any atom is -0.481 e. The van der Waals surface area contributed by atoms with Crippen LogP contribution in [0.1, 0.15) is 32.1 Å². The number of carboxylic acids is 2. The van der Waals surface area contributed by atoms with E-state index in [1.807, 2.05) is 0 Å². The second-order valence-electron chi connectivity index (χ2n) is 3.57. The lowest BCUT2D eigenvalue weighted by molar-refractivity contribution is -0.138. The highest BCUT2D eigenvalue weighted by Crippen LogP contribution is 1.94. The van der Waals surface area contributed by atoms with Crippen molar-refractivity contribution in [3.05, 3.63) is 0 Å². The molecular weight excluding hydrogens is 228 g/mol. The molecule has 0 spiro atoms. The van der Waals surface area contributed by atoms with Gasteiger partial charge in [0.25, 0.3) is 0 Å². The monoisotopic (exact) mass is 248 g/mol. The number of rotatable bonds is 12. The molecule has 0 bridgehead atoms. The van der Waals surface area contributed by atoms with Crippen molar-refractivity contribution >= 4 is 11.9 Å². The topological polar surface area (TPSA) is 93.1 Å². The van der Waals surface area contributed by atoms with Gasteiger partial charge in [-0.3, -0.25) is 9.59 Å². The summed E-state index contributed by atoms with van der Waals surface area (Å²) in [5, 5.41) is 16.7. The molecule has 2 N–H and O–H groups in total. The summed E-state index contributed by atoms with van der Waals surface area (Å²) < 4.78 is 10.4. The molecule has 0 aliphatic carbocycles. The first-order valence-corrected chi connectivity index (χ1v) is 5.72. The van der Waals surface area contributed by atoms with Gasteiger partial charge in [0.2, 0.25) is 0 Å². The molecule has 0 fully saturated rings. The van der Waals surface area contributed by atoms with Crippen LogP contribution in [0.15, 0.2) is 0 Å². The van der Waals surface area contributed by atoms with Crippen LogP contribution in [0.4, 0.5) is 0 Å². The first-order chi connectivity index (χ1) is 8.13. The Balaban J connectivity index is 2.98. The van der Waals surface area contributed by atoms with Gasteiger partial charge >= 0.3 is 11.9 Å². The van der Waals surface area contributed by atoms with Gasteiger partial charge in [0.1, 0.15) is 0 Å². The van der Waals surface area contributed by atoms with Crippen molar-refractivity contribution in [2.24, 2.45) is 0 Å². The zero-order chi connectivity index (χ0) is 12.9. The molecule has 17 heavy (non-hydrogen) atoms. The molecule has 100 valence electrons. The van der Waals surface area contributed by atoms with Crippen LogP contribution < -0.4 is 0 Å². The largest absolute Gasteiger partial charge is 0.481 e. The van der Waals surface area contributed by atoms with Crippen LogP contribution in [-0.4, -0.2) is 48.6 Å². The van der Waals surface area contributed by atoms with E-state index in [9.17, 15) is 9.59 Å². The van der Waals surface area contributed by atoms with Gasteiger partial charge < -0.3 is 19.7 Å². The zero-order valence-corrected chi connectivity index (χ0v) is 9.89. The van der Waals surface area contributed by atoms with E-state index in [2.05, 4.69) is 0 Å². The summed E-state index contributed by atoms with van der Waals surface area (Å²) in [7, 11) is 0. The number of carbonyl (C=O) groups is 2. The summed E-state index contributed by atoms with van der Waals surface area (Å²) in [6, 6.07) is 0. The predicted octanol–water partition coefficient (Wildman–Crippen LogP) is 1.14. The minimum absolute atomic E-state index is 0.131. The average Bonchev–Trinajstić information content (AvgIpc) is 2.25. The summed E-state index contributed by atoms with van der Waals surface area (Å²) in [4.78, 5) is 20.3. The molecule has 0 amide bonds. The summed E-state index contributed by atoms with van der Waals surface area (Å²) in [5.74, 6) is -1.62. The summed E-state index contributed by atoms with van der Waals surface area (Å²) >= 11 is 0. The standard InChI is InChI=1S/C11H20O6/c12-10(13)4-1-6-16-8-3-9-17-7-2-5-11(14)15/h1-9H2,(H,12,13)(H,14,15). The molecule has 0 saturated carbocycles. The zero-order valence-electron chi connectivity index (χ0n) is 9.89. The molecule has 0 aromatic carbocycles. The predicted molar refractivity (Wildman–Crippen MR) is 60.0 cm³/mol. The molecule has 0 radical (unpaired) electrons. The molecule has 0 rings (SSSR count). The Bertz CT molecular complexity index is 194. The van der Waals surface area contributed by atoms with E-state index in [-0.39, 0.29) is 12.8 Å². The first kappa shape index (κ1) is 15.9. The van der Waals surface area contributed by atoms with E-state index < -0.39 is 11.9 Å². The number of hydrogen-bond donors (Lipinski definition) is 2. The van der Waals surface area contributed by atoms with Crippen LogP contribution in [0.2, 0.25) is 0 Å². The third kappa shape index (κ3) is 14.9. The fourth-order valence-corrected chi connectivity index (χ4v) is 1.12. The highest BCUT2D eigenvalue weighted by Gasteiger charge is 1.97. The Hall–Kier alpha value is -1.14. The average molecular weight is 248 g/mol. The van der Waals surface area contributed by atoms with Crippen molar-refractivity contribution < 1.29 is 29.3 Å². The summed E-state index contributed by atoms with van der Waals surface area (Å²) in [5.41, 5.74) is 0. The van der Waals surface area contributed by atoms with Gasteiger partial charge in [0, 0.05) is 39.3 Å². The molecular formula is C11H20O6. The van der Waals surface area contributed by atoms with Crippen LogP contribution in [0.25, 0.3) is 0 Å². The smallest absolute Gasteiger partial charge is 0.303 e. The third-order valence-corrected chi connectivity index (χ3v) is 1.94. The van der Waals surface area contributed by atoms with Crippen LogP contribution in [0.3, 0.4) is 0 Å². The van der Waals surface area contributed by atoms with Gasteiger partial charge in [-0.05, 0) is 19.3 Å². The molecule has 0 saturated heterocycles. The van der Waals surface area contributed by atoms with Gasteiger partial charge in [-0.1, -0.05) is 0 Å². The van der Waals surface area contributed by atoms with E-state index in [1.54, 1.807) is 0 Å². The Morgan fingerprint density at radius 2 is 1.06 bits per heavy atom. The van der Waals surface area contributed by atoms with Crippen molar-refractivity contribution in [2.75, 3.05) is 26.4 Å². The first-order valence-electron chi connectivity index (χ1n) is 5.72. The molecule has 0 unspecified atom stereocenters. The molecule has 6 heteroatoms. The molecule has 0 aromatic heterocycles. The van der Waals surface area contributed by atoms with Gasteiger partial charge in [-0.2, -0.15) is 0 Å². The molecule has 0 aliphatic rings. The lowest BCUT2D eigenvalue weighted by Gasteiger charge is -2.04. The van der Waals surface area contributed by atoms with E-state index in [0.29, 0.717) is 39.3 Å². The number of hydrogen-bond acceptors (Lipinski definition) is 4. The molecule has 6 nitrogen and oxygen atoms in total. The van der Waals surface area contributed by atoms with Crippen molar-refractivity contribution in [1.82, 2.24) is 0 Å². The summed E-state index contributed by atoms with van der Waals surface area (Å²) in [6.07, 6.45) is 2.04. The molecule has 0 aliphatic heterocycles. The Labute approximate surface area is 101 Å². The maximum absolute atomic E-state index is 10.2. The molecule has 0 heterocycles. The minimum atomic E-state index is -0.810. The second-order valence-corrected chi connectivity index (χ2v) is 3.57. The number of carboxylic acid groups (broad SMARTS) is 2. The maximum atomic E-state index is 10.2. The lowest BCUT2D eigenvalue weighted by atomic mass is 10.3. The fourth-order valence-electron chi connectivity index (χ4n) is 1.12. The Morgan fingerprint density at radius 1 is 0.706 bits per heavy atom. The van der Waals surface area contributed by atoms with Crippen molar-refractivity contribution in [3.8, 4) is 0 Å². The van der Waals surface area contributed by atoms with Crippen molar-refractivity contribution in [2.45, 2.75) is 32.1 Å². The van der Waals surface area contributed by atoms with Gasteiger partial charge in [-0.15, -0.1) is 0 Å². The van der Waals surface area contributed by atoms with E-state index in [1.165, 1.54) is 0 Å². The SMILES string of the molecule is O=C(O)CCCOCCCOCCCC(=O)O. The normalized spacial score (nSPS) is 10.4. The number of aliphatic carboxylic acids is 2. The van der Waals surface area contributed by atoms with E-state index in [4.69, 9.17) is 19.7 Å².